The van der Waals surface area contributed by atoms with Crippen LogP contribution in [0.15, 0.2) is 0 Å². The first-order valence-corrected chi connectivity index (χ1v) is 4.50. The van der Waals surface area contributed by atoms with E-state index >= 15 is 0 Å². The van der Waals surface area contributed by atoms with E-state index in [-0.39, 0.29) is 11.8 Å². The lowest BCUT2D eigenvalue weighted by Crippen LogP contribution is -2.26. The molecule has 2 fully saturated rings. The van der Waals surface area contributed by atoms with E-state index in [1.165, 1.54) is 0 Å². The van der Waals surface area contributed by atoms with Gasteiger partial charge in [-0.1, -0.05) is 6.42 Å². The van der Waals surface area contributed by atoms with Gasteiger partial charge in [0.15, 0.2) is 0 Å². The molecule has 0 aromatic rings. The Morgan fingerprint density at radius 3 is 2.42 bits per heavy atom. The molecule has 0 N–H and O–H groups in total. The van der Waals surface area contributed by atoms with Crippen molar-refractivity contribution in [1.29, 1.82) is 0 Å². The Kier molecular flexibility index (Phi) is 1.89. The van der Waals surface area contributed by atoms with Gasteiger partial charge in [-0.05, 0) is 31.1 Å². The molecule has 0 heterocycles. The zero-order chi connectivity index (χ0) is 8.72. The highest BCUT2D eigenvalue weighted by molar-refractivity contribution is 5.84. The molecule has 2 saturated carbocycles. The van der Waals surface area contributed by atoms with Crippen molar-refractivity contribution in [1.82, 2.24) is 0 Å². The Hall–Kier alpha value is -0.470. The Bertz CT molecular complexity index is 203. The largest absolute Gasteiger partial charge is 0.296 e. The number of carbonyl (C=O) groups is 1. The van der Waals surface area contributed by atoms with Crippen molar-refractivity contribution < 1.29 is 13.6 Å². The van der Waals surface area contributed by atoms with Crippen LogP contribution in [0, 0.1) is 17.8 Å². The molecule has 2 rings (SSSR count). The van der Waals surface area contributed by atoms with Gasteiger partial charge >= 0.3 is 0 Å². The molecular formula is C9H12F2O. The number of rotatable bonds is 2. The number of hydrogen-bond donors (Lipinski definition) is 0. The van der Waals surface area contributed by atoms with Crippen LogP contribution in [0.1, 0.15) is 25.7 Å². The third-order valence-corrected chi connectivity index (χ3v) is 3.32. The second kappa shape index (κ2) is 2.79. The number of ketones is 1. The lowest BCUT2D eigenvalue weighted by Gasteiger charge is -2.19. The highest BCUT2D eigenvalue weighted by Crippen LogP contribution is 2.49. The molecule has 0 aliphatic heterocycles. The number of halogens is 2. The molecule has 0 spiro atoms. The van der Waals surface area contributed by atoms with Crippen molar-refractivity contribution in [2.24, 2.45) is 17.8 Å². The van der Waals surface area contributed by atoms with Crippen molar-refractivity contribution in [3.05, 3.63) is 0 Å². The summed E-state index contributed by atoms with van der Waals surface area (Å²) in [4.78, 5) is 11.0. The molecule has 2 aliphatic rings. The van der Waals surface area contributed by atoms with Crippen molar-refractivity contribution in [3.8, 4) is 0 Å². The first-order valence-electron chi connectivity index (χ1n) is 4.50. The van der Waals surface area contributed by atoms with Gasteiger partial charge in [-0.3, -0.25) is 4.79 Å². The molecule has 3 atom stereocenters. The standard InChI is InChI=1S/C9H12F2O/c10-9(11)8(12)7-4-5-1-2-6(7)3-5/h5-7,9H,1-4H2/t5-,6+,7-/m1/s1. The van der Waals surface area contributed by atoms with Crippen molar-refractivity contribution in [3.63, 3.8) is 0 Å². The number of hydrogen-bond acceptors (Lipinski definition) is 1. The van der Waals surface area contributed by atoms with Gasteiger partial charge in [-0.2, -0.15) is 0 Å². The van der Waals surface area contributed by atoms with Crippen molar-refractivity contribution in [2.45, 2.75) is 32.1 Å². The van der Waals surface area contributed by atoms with Gasteiger partial charge in [0, 0.05) is 5.92 Å². The van der Waals surface area contributed by atoms with Crippen LogP contribution in [-0.4, -0.2) is 12.2 Å². The minimum absolute atomic E-state index is 0.288. The normalized spacial score (nSPS) is 39.4. The molecule has 2 bridgehead atoms. The van der Waals surface area contributed by atoms with Crippen LogP contribution in [-0.2, 0) is 4.79 Å². The minimum atomic E-state index is -2.74. The molecule has 2 aliphatic carbocycles. The fourth-order valence-corrected chi connectivity index (χ4v) is 2.76. The summed E-state index contributed by atoms with van der Waals surface area (Å²) in [7, 11) is 0. The molecule has 68 valence electrons. The van der Waals surface area contributed by atoms with E-state index in [0.717, 1.165) is 25.7 Å². The van der Waals surface area contributed by atoms with Crippen molar-refractivity contribution >= 4 is 5.78 Å². The molecule has 0 unspecified atom stereocenters. The molecule has 0 aromatic carbocycles. The molecular weight excluding hydrogens is 162 g/mol. The lowest BCUT2D eigenvalue weighted by atomic mass is 9.86. The molecule has 12 heavy (non-hydrogen) atoms. The maximum Gasteiger partial charge on any atom is 0.296 e. The van der Waals surface area contributed by atoms with E-state index in [2.05, 4.69) is 0 Å². The van der Waals surface area contributed by atoms with E-state index in [1.54, 1.807) is 0 Å². The smallest absolute Gasteiger partial charge is 0.293 e. The summed E-state index contributed by atoms with van der Waals surface area (Å²) in [5.41, 5.74) is 0. The summed E-state index contributed by atoms with van der Waals surface area (Å²) in [5.74, 6) is -0.245. The number of Topliss-reactive ketones (excluding diaryl/α,β-unsaturated/α-hetero) is 1. The zero-order valence-corrected chi connectivity index (χ0v) is 6.80. The number of fused-ring (bicyclic) bond motifs is 2. The van der Waals surface area contributed by atoms with E-state index in [0.29, 0.717) is 5.92 Å². The first kappa shape index (κ1) is 8.14. The predicted molar refractivity (Wildman–Crippen MR) is 39.9 cm³/mol. The topological polar surface area (TPSA) is 17.1 Å². The van der Waals surface area contributed by atoms with Gasteiger partial charge in [-0.25, -0.2) is 8.78 Å². The van der Waals surface area contributed by atoms with E-state index in [9.17, 15) is 13.6 Å². The monoisotopic (exact) mass is 174 g/mol. The van der Waals surface area contributed by atoms with Gasteiger partial charge in [0.05, 0.1) is 0 Å². The summed E-state index contributed by atoms with van der Waals surface area (Å²) in [6.07, 6.45) is 1.15. The highest BCUT2D eigenvalue weighted by atomic mass is 19.3. The first-order chi connectivity index (χ1) is 5.68. The summed E-state index contributed by atoms with van der Waals surface area (Å²) in [6.45, 7) is 0. The number of carbonyl (C=O) groups excluding carboxylic acids is 1. The van der Waals surface area contributed by atoms with Gasteiger partial charge in [-0.15, -0.1) is 0 Å². The summed E-state index contributed by atoms with van der Waals surface area (Å²) in [5, 5.41) is 0. The molecule has 0 saturated heterocycles. The van der Waals surface area contributed by atoms with Crippen LogP contribution in [0.25, 0.3) is 0 Å². The third kappa shape index (κ3) is 1.15. The van der Waals surface area contributed by atoms with Gasteiger partial charge in [0.25, 0.3) is 6.43 Å². The third-order valence-electron chi connectivity index (χ3n) is 3.32. The van der Waals surface area contributed by atoms with Crippen LogP contribution in [0.3, 0.4) is 0 Å². The highest BCUT2D eigenvalue weighted by Gasteiger charge is 2.44. The van der Waals surface area contributed by atoms with E-state index < -0.39 is 12.2 Å². The Labute approximate surface area is 70.1 Å². The SMILES string of the molecule is O=C(C(F)F)[C@@H]1C[C@@H]2CC[C@H]1C2. The quantitative estimate of drug-likeness (QED) is 0.627. The van der Waals surface area contributed by atoms with Gasteiger partial charge in [0.2, 0.25) is 5.78 Å². The Morgan fingerprint density at radius 2 is 2.00 bits per heavy atom. The Morgan fingerprint density at radius 1 is 1.25 bits per heavy atom. The van der Waals surface area contributed by atoms with Crippen molar-refractivity contribution in [2.75, 3.05) is 0 Å². The maximum atomic E-state index is 12.1. The molecule has 0 radical (unpaired) electrons. The second-order valence-corrected chi connectivity index (χ2v) is 3.98. The predicted octanol–water partition coefficient (Wildman–Crippen LogP) is 2.26. The molecule has 0 aromatic heterocycles. The zero-order valence-electron chi connectivity index (χ0n) is 6.80. The summed E-state index contributed by atoms with van der Waals surface area (Å²) >= 11 is 0. The van der Waals surface area contributed by atoms with E-state index in [4.69, 9.17) is 0 Å². The number of alkyl halides is 2. The van der Waals surface area contributed by atoms with Crippen LogP contribution in [0.2, 0.25) is 0 Å². The van der Waals surface area contributed by atoms with Crippen LogP contribution in [0.4, 0.5) is 8.78 Å². The minimum Gasteiger partial charge on any atom is -0.293 e. The van der Waals surface area contributed by atoms with E-state index in [1.807, 2.05) is 0 Å². The second-order valence-electron chi connectivity index (χ2n) is 3.98. The maximum absolute atomic E-state index is 12.1. The fourth-order valence-electron chi connectivity index (χ4n) is 2.76. The van der Waals surface area contributed by atoms with Gasteiger partial charge in [0.1, 0.15) is 0 Å². The summed E-state index contributed by atoms with van der Waals surface area (Å²) in [6, 6.07) is 0. The van der Waals surface area contributed by atoms with Gasteiger partial charge < -0.3 is 0 Å². The average molecular weight is 174 g/mol. The molecule has 3 heteroatoms. The van der Waals surface area contributed by atoms with Crippen LogP contribution < -0.4 is 0 Å². The van der Waals surface area contributed by atoms with Crippen LogP contribution >= 0.6 is 0 Å². The summed E-state index contributed by atoms with van der Waals surface area (Å²) < 4.78 is 24.1. The van der Waals surface area contributed by atoms with Crippen LogP contribution in [0.5, 0.6) is 0 Å². The Balaban J connectivity index is 2.02. The molecule has 1 nitrogen and oxygen atoms in total. The average Bonchev–Trinajstić information content (AvgIpc) is 2.62. The molecule has 0 amide bonds. The lowest BCUT2D eigenvalue weighted by molar-refractivity contribution is -0.135. The fraction of sp³-hybridized carbons (Fsp3) is 0.889.